The van der Waals surface area contributed by atoms with E-state index in [0.717, 1.165) is 22.3 Å². The fraction of sp³-hybridized carbons (Fsp3) is 0.152. The number of amides is 3. The molecule has 8 rings (SSSR count). The Morgan fingerprint density at radius 3 is 2.17 bits per heavy atom. The van der Waals surface area contributed by atoms with E-state index in [0.29, 0.717) is 17.0 Å². The van der Waals surface area contributed by atoms with Crippen molar-refractivity contribution in [1.29, 1.82) is 0 Å². The number of hydrogen-bond acceptors (Lipinski definition) is 5. The normalized spacial score (nSPS) is 24.0. The fourth-order valence-electron chi connectivity index (χ4n) is 6.90. The number of benzene rings is 4. The van der Waals surface area contributed by atoms with Crippen LogP contribution in [0.2, 0.25) is 0 Å². The Bertz CT molecular complexity index is 1670. The van der Waals surface area contributed by atoms with Crippen LogP contribution in [-0.2, 0) is 15.0 Å². The van der Waals surface area contributed by atoms with Gasteiger partial charge in [0.05, 0.1) is 30.0 Å². The molecule has 2 atom stereocenters. The second kappa shape index (κ2) is 9.02. The van der Waals surface area contributed by atoms with Crippen molar-refractivity contribution in [3.05, 3.63) is 131 Å². The molecule has 7 nitrogen and oxygen atoms in total. The largest absolute Gasteiger partial charge is 0.497 e. The standard InChI is InChI=1S/C33H25N3O4/c1-40-22-13-9-10-20(18-22)30(37)35-34-19-33-25-16-7-5-14-23(25)27(24-15-6-8-17-26(24)33)28-29(33)32(39)36(31(28)38)21-11-3-2-4-12-21/h2-19,27-29H,1H3,(H,35,37)/b34-19-/t27?,28-,29-,33?/m0/s1. The third-order valence-electron chi connectivity index (χ3n) is 8.46. The lowest BCUT2D eigenvalue weighted by Gasteiger charge is -2.52. The summed E-state index contributed by atoms with van der Waals surface area (Å²) in [5.74, 6) is -1.90. The first kappa shape index (κ1) is 24.0. The smallest absolute Gasteiger partial charge is 0.271 e. The molecule has 0 saturated carbocycles. The Kier molecular flexibility index (Phi) is 5.42. The lowest BCUT2D eigenvalue weighted by molar-refractivity contribution is -0.122. The van der Waals surface area contributed by atoms with Crippen molar-refractivity contribution in [2.45, 2.75) is 11.3 Å². The fourth-order valence-corrected chi connectivity index (χ4v) is 6.90. The quantitative estimate of drug-likeness (QED) is 0.232. The van der Waals surface area contributed by atoms with Gasteiger partial charge in [0.2, 0.25) is 11.8 Å². The Balaban J connectivity index is 1.39. The molecule has 40 heavy (non-hydrogen) atoms. The van der Waals surface area contributed by atoms with E-state index in [4.69, 9.17) is 4.74 Å². The van der Waals surface area contributed by atoms with Crippen molar-refractivity contribution >= 4 is 29.6 Å². The number of ether oxygens (including phenoxy) is 1. The average molecular weight is 528 g/mol. The summed E-state index contributed by atoms with van der Waals surface area (Å²) < 4.78 is 5.24. The minimum atomic E-state index is -1.05. The Labute approximate surface area is 231 Å². The van der Waals surface area contributed by atoms with Gasteiger partial charge in [-0.25, -0.2) is 10.3 Å². The minimum absolute atomic E-state index is 0.214. The molecule has 3 aliphatic carbocycles. The van der Waals surface area contributed by atoms with Gasteiger partial charge in [0, 0.05) is 17.7 Å². The molecule has 4 aliphatic rings. The van der Waals surface area contributed by atoms with Crippen molar-refractivity contribution in [3.63, 3.8) is 0 Å². The third-order valence-corrected chi connectivity index (χ3v) is 8.46. The predicted octanol–water partition coefficient (Wildman–Crippen LogP) is 4.66. The maximum atomic E-state index is 14.3. The minimum Gasteiger partial charge on any atom is -0.497 e. The summed E-state index contributed by atoms with van der Waals surface area (Å²) >= 11 is 0. The predicted molar refractivity (Wildman–Crippen MR) is 150 cm³/mol. The number of nitrogens with zero attached hydrogens (tertiary/aromatic N) is 2. The third kappa shape index (κ3) is 3.24. The molecule has 7 heteroatoms. The Morgan fingerprint density at radius 2 is 1.50 bits per heavy atom. The highest BCUT2D eigenvalue weighted by Crippen LogP contribution is 2.63. The number of imide groups is 1. The molecule has 1 N–H and O–H groups in total. The van der Waals surface area contributed by atoms with Crippen LogP contribution in [-0.4, -0.2) is 31.0 Å². The van der Waals surface area contributed by atoms with Crippen molar-refractivity contribution in [2.75, 3.05) is 12.0 Å². The van der Waals surface area contributed by atoms with Crippen LogP contribution >= 0.6 is 0 Å². The molecule has 0 aromatic heterocycles. The van der Waals surface area contributed by atoms with Crippen molar-refractivity contribution in [2.24, 2.45) is 16.9 Å². The van der Waals surface area contributed by atoms with Crippen LogP contribution in [0.15, 0.2) is 108 Å². The molecule has 1 saturated heterocycles. The van der Waals surface area contributed by atoms with Gasteiger partial charge in [-0.1, -0.05) is 72.8 Å². The van der Waals surface area contributed by atoms with Crippen LogP contribution in [0.25, 0.3) is 0 Å². The Hall–Kier alpha value is -5.04. The summed E-state index contributed by atoms with van der Waals surface area (Å²) in [7, 11) is 1.54. The molecule has 196 valence electrons. The number of rotatable bonds is 5. The van der Waals surface area contributed by atoms with Gasteiger partial charge < -0.3 is 4.74 Å². The van der Waals surface area contributed by atoms with Gasteiger partial charge in [-0.2, -0.15) is 5.10 Å². The highest BCUT2D eigenvalue weighted by atomic mass is 16.5. The van der Waals surface area contributed by atoms with E-state index in [1.54, 1.807) is 42.6 Å². The lowest BCUT2D eigenvalue weighted by Crippen LogP contribution is -2.54. The summed E-state index contributed by atoms with van der Waals surface area (Å²) in [6.45, 7) is 0. The number of hydrazone groups is 1. The monoisotopic (exact) mass is 527 g/mol. The number of hydrogen-bond donors (Lipinski definition) is 1. The molecule has 2 bridgehead atoms. The van der Waals surface area contributed by atoms with Gasteiger partial charge in [-0.15, -0.1) is 0 Å². The number of para-hydroxylation sites is 1. The second-order valence-electron chi connectivity index (χ2n) is 10.3. The first-order chi connectivity index (χ1) is 19.6. The SMILES string of the molecule is COc1cccc(C(=O)N/N=C\C23c4ccccc4C(c4ccccc42)[C@@H]2C(=O)N(c4ccccc4)C(=O)[C@H]23)c1. The highest BCUT2D eigenvalue weighted by Gasteiger charge is 2.68. The van der Waals surface area contributed by atoms with Crippen molar-refractivity contribution in [1.82, 2.24) is 5.43 Å². The average Bonchev–Trinajstić information content (AvgIpc) is 3.28. The molecule has 4 aromatic rings. The first-order valence-electron chi connectivity index (χ1n) is 13.2. The summed E-state index contributed by atoms with van der Waals surface area (Å²) in [5.41, 5.74) is 6.40. The summed E-state index contributed by atoms with van der Waals surface area (Å²) in [4.78, 5) is 42.8. The maximum Gasteiger partial charge on any atom is 0.271 e. The lowest BCUT2D eigenvalue weighted by atomic mass is 9.47. The summed E-state index contributed by atoms with van der Waals surface area (Å²) in [6, 6.07) is 31.8. The van der Waals surface area contributed by atoms with E-state index in [1.807, 2.05) is 66.7 Å². The number of anilines is 1. The van der Waals surface area contributed by atoms with Gasteiger partial charge in [0.1, 0.15) is 5.75 Å². The highest BCUT2D eigenvalue weighted by molar-refractivity contribution is 6.25. The van der Waals surface area contributed by atoms with E-state index in [2.05, 4.69) is 10.5 Å². The molecule has 1 heterocycles. The summed E-state index contributed by atoms with van der Waals surface area (Å²) in [5, 5.41) is 4.46. The molecule has 1 fully saturated rings. The van der Waals surface area contributed by atoms with Gasteiger partial charge in [-0.3, -0.25) is 14.4 Å². The van der Waals surface area contributed by atoms with Crippen molar-refractivity contribution < 1.29 is 19.1 Å². The van der Waals surface area contributed by atoms with E-state index in [9.17, 15) is 14.4 Å². The van der Waals surface area contributed by atoms with Gasteiger partial charge >= 0.3 is 0 Å². The number of carbonyl (C=O) groups excluding carboxylic acids is 3. The molecule has 3 amide bonds. The van der Waals surface area contributed by atoms with Crippen molar-refractivity contribution in [3.8, 4) is 5.75 Å². The first-order valence-corrected chi connectivity index (χ1v) is 13.2. The molecule has 1 aliphatic heterocycles. The van der Waals surface area contributed by atoms with E-state index >= 15 is 0 Å². The molecular weight excluding hydrogens is 502 g/mol. The summed E-state index contributed by atoms with van der Waals surface area (Å²) in [6.07, 6.45) is 1.66. The van der Waals surface area contributed by atoms with E-state index in [1.165, 1.54) is 12.0 Å². The van der Waals surface area contributed by atoms with E-state index < -0.39 is 23.2 Å². The molecule has 0 unspecified atom stereocenters. The molecule has 0 spiro atoms. The number of methoxy groups -OCH3 is 1. The van der Waals surface area contributed by atoms with Crippen LogP contribution in [0, 0.1) is 11.8 Å². The number of nitrogens with one attached hydrogen (secondary N) is 1. The zero-order chi connectivity index (χ0) is 27.4. The van der Waals surface area contributed by atoms with Gasteiger partial charge in [0.25, 0.3) is 5.91 Å². The van der Waals surface area contributed by atoms with Gasteiger partial charge in [0.15, 0.2) is 0 Å². The second-order valence-corrected chi connectivity index (χ2v) is 10.3. The van der Waals surface area contributed by atoms with Gasteiger partial charge in [-0.05, 0) is 52.6 Å². The molecular formula is C33H25N3O4. The molecule has 0 radical (unpaired) electrons. The molecule has 4 aromatic carbocycles. The topological polar surface area (TPSA) is 88.1 Å². The Morgan fingerprint density at radius 1 is 0.850 bits per heavy atom. The van der Waals surface area contributed by atoms with E-state index in [-0.39, 0.29) is 17.7 Å². The number of carbonyl (C=O) groups is 3. The van der Waals surface area contributed by atoms with Crippen LogP contribution in [0.5, 0.6) is 5.75 Å². The zero-order valence-electron chi connectivity index (χ0n) is 21.7. The van der Waals surface area contributed by atoms with Crippen LogP contribution < -0.4 is 15.1 Å². The van der Waals surface area contributed by atoms with Crippen LogP contribution in [0.4, 0.5) is 5.69 Å². The van der Waals surface area contributed by atoms with Crippen LogP contribution in [0.3, 0.4) is 0 Å². The maximum absolute atomic E-state index is 14.3. The zero-order valence-corrected chi connectivity index (χ0v) is 21.7. The van der Waals surface area contributed by atoms with Crippen LogP contribution in [0.1, 0.15) is 38.5 Å².